The fourth-order valence-electron chi connectivity index (χ4n) is 2.29. The van der Waals surface area contributed by atoms with Crippen LogP contribution in [-0.2, 0) is 11.3 Å². The number of ether oxygens (including phenoxy) is 2. The number of esters is 1. The lowest BCUT2D eigenvalue weighted by molar-refractivity contribution is 0.0524. The lowest BCUT2D eigenvalue weighted by Crippen LogP contribution is -2.24. The number of amides is 1. The number of carbonyl (C=O) groups excluding carboxylic acids is 2. The van der Waals surface area contributed by atoms with Crippen LogP contribution in [0.5, 0.6) is 5.75 Å². The highest BCUT2D eigenvalue weighted by Gasteiger charge is 2.15. The SMILES string of the molecule is CCOC(=O)c1ccccc1CNC(=O)c1ccccc1OCC. The van der Waals surface area contributed by atoms with Crippen molar-refractivity contribution in [1.82, 2.24) is 5.32 Å². The average molecular weight is 327 g/mol. The van der Waals surface area contributed by atoms with E-state index in [0.717, 1.165) is 0 Å². The van der Waals surface area contributed by atoms with Crippen molar-refractivity contribution in [2.75, 3.05) is 13.2 Å². The number of rotatable bonds is 7. The summed E-state index contributed by atoms with van der Waals surface area (Å²) >= 11 is 0. The fraction of sp³-hybridized carbons (Fsp3) is 0.263. The molecule has 24 heavy (non-hydrogen) atoms. The monoisotopic (exact) mass is 327 g/mol. The van der Waals surface area contributed by atoms with Crippen molar-refractivity contribution in [2.45, 2.75) is 20.4 Å². The van der Waals surface area contributed by atoms with Gasteiger partial charge in [0.15, 0.2) is 0 Å². The van der Waals surface area contributed by atoms with E-state index in [1.165, 1.54) is 0 Å². The Balaban J connectivity index is 2.11. The summed E-state index contributed by atoms with van der Waals surface area (Å²) in [5.74, 6) is -0.106. The first kappa shape index (κ1) is 17.5. The second-order valence-electron chi connectivity index (χ2n) is 4.99. The summed E-state index contributed by atoms with van der Waals surface area (Å²) in [4.78, 5) is 24.4. The van der Waals surface area contributed by atoms with Gasteiger partial charge in [0.1, 0.15) is 5.75 Å². The molecule has 0 atom stereocenters. The Labute approximate surface area is 141 Å². The van der Waals surface area contributed by atoms with Crippen LogP contribution in [-0.4, -0.2) is 25.1 Å². The highest BCUT2D eigenvalue weighted by Crippen LogP contribution is 2.18. The minimum atomic E-state index is -0.392. The molecule has 0 saturated carbocycles. The van der Waals surface area contributed by atoms with Gasteiger partial charge in [0.2, 0.25) is 0 Å². The maximum Gasteiger partial charge on any atom is 0.338 e. The molecular formula is C19H21NO4. The van der Waals surface area contributed by atoms with E-state index in [-0.39, 0.29) is 12.5 Å². The van der Waals surface area contributed by atoms with E-state index in [2.05, 4.69) is 5.32 Å². The van der Waals surface area contributed by atoms with Gasteiger partial charge in [0.25, 0.3) is 5.91 Å². The van der Waals surface area contributed by atoms with Crippen LogP contribution in [0.1, 0.15) is 40.1 Å². The van der Waals surface area contributed by atoms with Crippen molar-refractivity contribution >= 4 is 11.9 Å². The highest BCUT2D eigenvalue weighted by molar-refractivity contribution is 5.97. The Bertz CT molecular complexity index is 712. The Morgan fingerprint density at radius 2 is 1.58 bits per heavy atom. The van der Waals surface area contributed by atoms with Gasteiger partial charge in [-0.25, -0.2) is 4.79 Å². The number of para-hydroxylation sites is 1. The average Bonchev–Trinajstić information content (AvgIpc) is 2.61. The molecule has 5 nitrogen and oxygen atoms in total. The van der Waals surface area contributed by atoms with Gasteiger partial charge in [-0.15, -0.1) is 0 Å². The number of hydrogen-bond acceptors (Lipinski definition) is 4. The van der Waals surface area contributed by atoms with Crippen LogP contribution in [0.25, 0.3) is 0 Å². The Morgan fingerprint density at radius 3 is 2.29 bits per heavy atom. The second kappa shape index (κ2) is 8.72. The molecule has 0 aliphatic carbocycles. The molecule has 5 heteroatoms. The summed E-state index contributed by atoms with van der Waals surface area (Å²) in [6.07, 6.45) is 0. The van der Waals surface area contributed by atoms with Gasteiger partial charge in [0, 0.05) is 6.54 Å². The summed E-state index contributed by atoms with van der Waals surface area (Å²) in [7, 11) is 0. The molecule has 0 saturated heterocycles. The standard InChI is InChI=1S/C19H21NO4/c1-3-23-17-12-8-7-11-16(17)18(21)20-13-14-9-5-6-10-15(14)19(22)24-4-2/h5-12H,3-4,13H2,1-2H3,(H,20,21). The zero-order valence-corrected chi connectivity index (χ0v) is 13.9. The van der Waals surface area contributed by atoms with Crippen LogP contribution in [0.4, 0.5) is 0 Å². The summed E-state index contributed by atoms with van der Waals surface area (Å²) in [6, 6.07) is 14.1. The van der Waals surface area contributed by atoms with E-state index >= 15 is 0 Å². The first-order valence-electron chi connectivity index (χ1n) is 7.92. The number of hydrogen-bond donors (Lipinski definition) is 1. The molecule has 1 N–H and O–H groups in total. The molecule has 0 aliphatic heterocycles. The lowest BCUT2D eigenvalue weighted by atomic mass is 10.1. The second-order valence-corrected chi connectivity index (χ2v) is 4.99. The van der Waals surface area contributed by atoms with E-state index in [9.17, 15) is 9.59 Å². The molecule has 0 bridgehead atoms. The van der Waals surface area contributed by atoms with Crippen LogP contribution in [0.3, 0.4) is 0 Å². The maximum atomic E-state index is 12.4. The van der Waals surface area contributed by atoms with Gasteiger partial charge in [-0.2, -0.15) is 0 Å². The topological polar surface area (TPSA) is 64.6 Å². The third kappa shape index (κ3) is 4.35. The van der Waals surface area contributed by atoms with Crippen molar-refractivity contribution in [3.8, 4) is 5.75 Å². The minimum absolute atomic E-state index is 0.230. The smallest absolute Gasteiger partial charge is 0.338 e. The molecule has 2 rings (SSSR count). The van der Waals surface area contributed by atoms with Crippen molar-refractivity contribution in [2.24, 2.45) is 0 Å². The van der Waals surface area contributed by atoms with E-state index in [1.54, 1.807) is 43.3 Å². The number of carbonyl (C=O) groups is 2. The van der Waals surface area contributed by atoms with Crippen molar-refractivity contribution in [3.05, 3.63) is 65.2 Å². The van der Waals surface area contributed by atoms with Crippen LogP contribution < -0.4 is 10.1 Å². The van der Waals surface area contributed by atoms with Crippen molar-refractivity contribution in [1.29, 1.82) is 0 Å². The van der Waals surface area contributed by atoms with E-state index in [1.807, 2.05) is 19.1 Å². The Morgan fingerprint density at radius 1 is 0.917 bits per heavy atom. The lowest BCUT2D eigenvalue weighted by Gasteiger charge is -2.12. The minimum Gasteiger partial charge on any atom is -0.493 e. The zero-order valence-electron chi connectivity index (χ0n) is 13.9. The van der Waals surface area contributed by atoms with Gasteiger partial charge in [-0.3, -0.25) is 4.79 Å². The summed E-state index contributed by atoms with van der Waals surface area (Å²) in [5, 5.41) is 2.82. The molecular weight excluding hydrogens is 306 g/mol. The predicted octanol–water partition coefficient (Wildman–Crippen LogP) is 3.19. The molecule has 0 aliphatic rings. The van der Waals surface area contributed by atoms with E-state index < -0.39 is 5.97 Å². The third-order valence-electron chi connectivity index (χ3n) is 3.38. The molecule has 0 spiro atoms. The molecule has 0 heterocycles. The van der Waals surface area contributed by atoms with E-state index in [4.69, 9.17) is 9.47 Å². The first-order valence-corrected chi connectivity index (χ1v) is 7.92. The van der Waals surface area contributed by atoms with Gasteiger partial charge in [-0.05, 0) is 37.6 Å². The zero-order chi connectivity index (χ0) is 17.4. The molecule has 0 unspecified atom stereocenters. The molecule has 1 amide bonds. The van der Waals surface area contributed by atoms with Gasteiger partial charge in [-0.1, -0.05) is 30.3 Å². The Hall–Kier alpha value is -2.82. The van der Waals surface area contributed by atoms with Crippen LogP contribution in [0, 0.1) is 0 Å². The molecule has 2 aromatic rings. The number of benzene rings is 2. The predicted molar refractivity (Wildman–Crippen MR) is 91.2 cm³/mol. The molecule has 2 aromatic carbocycles. The van der Waals surface area contributed by atoms with Crippen molar-refractivity contribution in [3.63, 3.8) is 0 Å². The number of nitrogens with one attached hydrogen (secondary N) is 1. The maximum absolute atomic E-state index is 12.4. The summed E-state index contributed by atoms with van der Waals surface area (Å²) < 4.78 is 10.5. The highest BCUT2D eigenvalue weighted by atomic mass is 16.5. The summed E-state index contributed by atoms with van der Waals surface area (Å²) in [6.45, 7) is 4.64. The molecule has 0 fully saturated rings. The first-order chi connectivity index (χ1) is 11.7. The quantitative estimate of drug-likeness (QED) is 0.793. The molecule has 0 aromatic heterocycles. The third-order valence-corrected chi connectivity index (χ3v) is 3.38. The molecule has 126 valence electrons. The Kier molecular flexibility index (Phi) is 6.37. The van der Waals surface area contributed by atoms with Gasteiger partial charge < -0.3 is 14.8 Å². The van der Waals surface area contributed by atoms with Gasteiger partial charge in [0.05, 0.1) is 24.3 Å². The fourth-order valence-corrected chi connectivity index (χ4v) is 2.29. The normalized spacial score (nSPS) is 10.1. The van der Waals surface area contributed by atoms with Gasteiger partial charge >= 0.3 is 5.97 Å². The van der Waals surface area contributed by atoms with Crippen LogP contribution in [0.2, 0.25) is 0 Å². The van der Waals surface area contributed by atoms with Crippen LogP contribution in [0.15, 0.2) is 48.5 Å². The largest absolute Gasteiger partial charge is 0.493 e. The van der Waals surface area contributed by atoms with Crippen molar-refractivity contribution < 1.29 is 19.1 Å². The summed E-state index contributed by atoms with van der Waals surface area (Å²) in [5.41, 5.74) is 1.63. The molecule has 0 radical (unpaired) electrons. The van der Waals surface area contributed by atoms with Crippen LogP contribution >= 0.6 is 0 Å². The van der Waals surface area contributed by atoms with E-state index in [0.29, 0.717) is 35.7 Å².